The second-order valence-corrected chi connectivity index (χ2v) is 7.15. The van der Waals surface area contributed by atoms with Crippen LogP contribution in [0.1, 0.15) is 12.0 Å². The first-order chi connectivity index (χ1) is 13.2. The van der Waals surface area contributed by atoms with Gasteiger partial charge in [-0.2, -0.15) is 0 Å². The minimum absolute atomic E-state index is 0. The van der Waals surface area contributed by atoms with Crippen LogP contribution in [-0.2, 0) is 6.42 Å². The maximum Gasteiger partial charge on any atom is 0.203 e. The molecule has 0 aliphatic carbocycles. The minimum atomic E-state index is 0. The van der Waals surface area contributed by atoms with Crippen molar-refractivity contribution in [3.8, 4) is 28.5 Å². The number of hydrogen-bond donors (Lipinski definition) is 0. The Bertz CT molecular complexity index is 935. The van der Waals surface area contributed by atoms with Crippen molar-refractivity contribution in [2.45, 2.75) is 12.8 Å². The van der Waals surface area contributed by atoms with E-state index < -0.39 is 0 Å². The summed E-state index contributed by atoms with van der Waals surface area (Å²) in [6, 6.07) is 12.4. The molecule has 28 heavy (non-hydrogen) atoms. The number of ether oxygens (including phenoxy) is 3. The molecule has 0 N–H and O–H groups in total. The lowest BCUT2D eigenvalue weighted by Gasteiger charge is -2.28. The predicted octanol–water partition coefficient (Wildman–Crippen LogP) is 5.50. The van der Waals surface area contributed by atoms with Crippen LogP contribution in [0.4, 0.5) is 10.8 Å². The number of methoxy groups -OCH3 is 3. The summed E-state index contributed by atoms with van der Waals surface area (Å²) in [5.41, 5.74) is 4.48. The molecule has 1 aromatic heterocycles. The molecule has 0 bridgehead atoms. The molecule has 1 aliphatic rings. The van der Waals surface area contributed by atoms with Crippen LogP contribution in [0.25, 0.3) is 11.3 Å². The monoisotopic (exact) mass is 462 g/mol. The van der Waals surface area contributed by atoms with Crippen molar-refractivity contribution in [2.75, 3.05) is 32.8 Å². The molecule has 2 aromatic carbocycles. The number of para-hydroxylation sites is 1. The first kappa shape index (κ1) is 20.5. The Hall–Kier alpha value is -2.25. The summed E-state index contributed by atoms with van der Waals surface area (Å²) in [7, 11) is 4.85. The highest BCUT2D eigenvalue weighted by molar-refractivity contribution is 8.93. The molecule has 7 heteroatoms. The van der Waals surface area contributed by atoms with E-state index in [2.05, 4.69) is 34.5 Å². The predicted molar refractivity (Wildman–Crippen MR) is 119 cm³/mol. The SMILES string of the molecule is Br.COc1cc(-c2csc(N3CCCc4ccccc43)n2)cc(OC)c1OC. The Morgan fingerprint density at radius 1 is 1.00 bits per heavy atom. The number of fused-ring (bicyclic) bond motifs is 1. The number of rotatable bonds is 5. The van der Waals surface area contributed by atoms with Gasteiger partial charge in [-0.3, -0.25) is 0 Å². The normalized spacial score (nSPS) is 12.8. The maximum absolute atomic E-state index is 5.47. The van der Waals surface area contributed by atoms with Crippen LogP contribution in [-0.4, -0.2) is 32.9 Å². The Morgan fingerprint density at radius 3 is 2.39 bits per heavy atom. The summed E-state index contributed by atoms with van der Waals surface area (Å²) in [5, 5.41) is 3.08. The number of nitrogens with zero attached hydrogens (tertiary/aromatic N) is 2. The van der Waals surface area contributed by atoms with E-state index in [1.165, 1.54) is 11.3 Å². The van der Waals surface area contributed by atoms with Gasteiger partial charge in [-0.1, -0.05) is 18.2 Å². The second-order valence-electron chi connectivity index (χ2n) is 6.31. The van der Waals surface area contributed by atoms with E-state index in [0.717, 1.165) is 35.8 Å². The molecule has 0 saturated heterocycles. The Balaban J connectivity index is 0.00000225. The molecule has 1 aliphatic heterocycles. The lowest BCUT2D eigenvalue weighted by molar-refractivity contribution is 0.324. The molecule has 0 amide bonds. The van der Waals surface area contributed by atoms with E-state index in [9.17, 15) is 0 Å². The van der Waals surface area contributed by atoms with Crippen LogP contribution < -0.4 is 19.1 Å². The molecular formula is C21H23BrN2O3S. The Labute approximate surface area is 179 Å². The molecule has 2 heterocycles. The van der Waals surface area contributed by atoms with Gasteiger partial charge in [0.1, 0.15) is 0 Å². The summed E-state index contributed by atoms with van der Waals surface area (Å²) in [6.07, 6.45) is 2.26. The van der Waals surface area contributed by atoms with Crippen molar-refractivity contribution < 1.29 is 14.2 Å². The van der Waals surface area contributed by atoms with Crippen LogP contribution in [0.5, 0.6) is 17.2 Å². The fraction of sp³-hybridized carbons (Fsp3) is 0.286. The number of anilines is 2. The first-order valence-corrected chi connectivity index (χ1v) is 9.74. The third-order valence-electron chi connectivity index (χ3n) is 4.79. The van der Waals surface area contributed by atoms with Crippen molar-refractivity contribution in [3.63, 3.8) is 0 Å². The average Bonchev–Trinajstić information content (AvgIpc) is 3.22. The number of aromatic nitrogens is 1. The summed E-state index contributed by atoms with van der Waals surface area (Å²) < 4.78 is 16.4. The molecule has 4 rings (SSSR count). The maximum atomic E-state index is 5.47. The van der Waals surface area contributed by atoms with Crippen LogP contribution in [0.2, 0.25) is 0 Å². The summed E-state index contributed by atoms with van der Waals surface area (Å²) in [4.78, 5) is 7.21. The van der Waals surface area contributed by atoms with Gasteiger partial charge in [0.2, 0.25) is 5.75 Å². The summed E-state index contributed by atoms with van der Waals surface area (Å²) in [5.74, 6) is 1.85. The fourth-order valence-corrected chi connectivity index (χ4v) is 4.36. The van der Waals surface area contributed by atoms with Gasteiger partial charge in [-0.15, -0.1) is 28.3 Å². The molecule has 0 spiro atoms. The largest absolute Gasteiger partial charge is 0.493 e. The highest BCUT2D eigenvalue weighted by Crippen LogP contribution is 2.42. The van der Waals surface area contributed by atoms with Gasteiger partial charge in [-0.25, -0.2) is 4.98 Å². The number of hydrogen-bond acceptors (Lipinski definition) is 6. The van der Waals surface area contributed by atoms with Gasteiger partial charge >= 0.3 is 0 Å². The van der Waals surface area contributed by atoms with Crippen LogP contribution >= 0.6 is 28.3 Å². The van der Waals surface area contributed by atoms with Gasteiger partial charge in [0, 0.05) is 23.2 Å². The molecule has 0 fully saturated rings. The van der Waals surface area contributed by atoms with Gasteiger partial charge < -0.3 is 19.1 Å². The van der Waals surface area contributed by atoms with Crippen molar-refractivity contribution >= 4 is 39.1 Å². The van der Waals surface area contributed by atoms with Gasteiger partial charge in [-0.05, 0) is 36.6 Å². The number of thiazole rings is 1. The molecule has 0 saturated carbocycles. The lowest BCUT2D eigenvalue weighted by atomic mass is 10.0. The Morgan fingerprint density at radius 2 is 1.71 bits per heavy atom. The van der Waals surface area contributed by atoms with E-state index in [1.54, 1.807) is 32.7 Å². The second kappa shape index (κ2) is 8.84. The molecule has 3 aromatic rings. The van der Waals surface area contributed by atoms with Crippen molar-refractivity contribution in [1.82, 2.24) is 4.98 Å². The quantitative estimate of drug-likeness (QED) is 0.500. The lowest BCUT2D eigenvalue weighted by Crippen LogP contribution is -2.24. The number of benzene rings is 2. The van der Waals surface area contributed by atoms with Crippen LogP contribution in [0.15, 0.2) is 41.8 Å². The zero-order valence-electron chi connectivity index (χ0n) is 16.1. The van der Waals surface area contributed by atoms with Gasteiger partial charge in [0.25, 0.3) is 0 Å². The third-order valence-corrected chi connectivity index (χ3v) is 5.66. The smallest absolute Gasteiger partial charge is 0.203 e. The average molecular weight is 463 g/mol. The molecule has 5 nitrogen and oxygen atoms in total. The van der Waals surface area contributed by atoms with Gasteiger partial charge in [0.05, 0.1) is 27.0 Å². The Kier molecular flexibility index (Phi) is 6.46. The highest BCUT2D eigenvalue weighted by Gasteiger charge is 2.21. The summed E-state index contributed by atoms with van der Waals surface area (Å²) in [6.45, 7) is 0.985. The molecular weight excluding hydrogens is 440 g/mol. The van der Waals surface area contributed by atoms with Crippen LogP contribution in [0, 0.1) is 0 Å². The van der Waals surface area contributed by atoms with E-state index >= 15 is 0 Å². The highest BCUT2D eigenvalue weighted by atomic mass is 79.9. The van der Waals surface area contributed by atoms with E-state index in [1.807, 2.05) is 12.1 Å². The fourth-order valence-electron chi connectivity index (χ4n) is 3.48. The van der Waals surface area contributed by atoms with Crippen molar-refractivity contribution in [2.24, 2.45) is 0 Å². The zero-order valence-corrected chi connectivity index (χ0v) is 18.6. The molecule has 0 unspecified atom stereocenters. The van der Waals surface area contributed by atoms with Gasteiger partial charge in [0.15, 0.2) is 16.6 Å². The van der Waals surface area contributed by atoms with E-state index in [0.29, 0.717) is 17.2 Å². The van der Waals surface area contributed by atoms with Crippen LogP contribution in [0.3, 0.4) is 0 Å². The number of aryl methyl sites for hydroxylation is 1. The minimum Gasteiger partial charge on any atom is -0.493 e. The summed E-state index contributed by atoms with van der Waals surface area (Å²) >= 11 is 1.65. The zero-order chi connectivity index (χ0) is 18.8. The first-order valence-electron chi connectivity index (χ1n) is 8.86. The van der Waals surface area contributed by atoms with Crippen molar-refractivity contribution in [1.29, 1.82) is 0 Å². The number of halogens is 1. The standard InChI is InChI=1S/C21H22N2O3S.BrH/c1-24-18-11-15(12-19(25-2)20(18)26-3)16-13-27-21(22-16)23-10-6-8-14-7-4-5-9-17(14)23;/h4-5,7,9,11-13H,6,8,10H2,1-3H3;1H. The van der Waals surface area contributed by atoms with E-state index in [4.69, 9.17) is 19.2 Å². The molecule has 0 atom stereocenters. The topological polar surface area (TPSA) is 43.8 Å². The van der Waals surface area contributed by atoms with E-state index in [-0.39, 0.29) is 17.0 Å². The third kappa shape index (κ3) is 3.69. The molecule has 148 valence electrons. The molecule has 0 radical (unpaired) electrons. The van der Waals surface area contributed by atoms with Crippen molar-refractivity contribution in [3.05, 3.63) is 47.3 Å².